The summed E-state index contributed by atoms with van der Waals surface area (Å²) in [6.07, 6.45) is 6.06. The zero-order valence-corrected chi connectivity index (χ0v) is 5.30. The maximum Gasteiger partial charge on any atom is 0.104 e. The Hall–Kier alpha value is -0.520. The third-order valence-corrected chi connectivity index (χ3v) is 1.10. The lowest BCUT2D eigenvalue weighted by atomic mass is 10.5. The molecule has 1 saturated heterocycles. The van der Waals surface area contributed by atoms with Crippen LogP contribution in [-0.2, 0) is 9.47 Å². The van der Waals surface area contributed by atoms with E-state index in [-0.39, 0.29) is 0 Å². The number of terminal acetylenes is 1. The van der Waals surface area contributed by atoms with E-state index in [0.29, 0.717) is 25.7 Å². The Kier molecular flexibility index (Phi) is 2.56. The Bertz CT molecular complexity index is 111. The van der Waals surface area contributed by atoms with Gasteiger partial charge in [-0.3, -0.25) is 0 Å². The van der Waals surface area contributed by atoms with E-state index in [1.165, 1.54) is 0 Å². The van der Waals surface area contributed by atoms with Crippen LogP contribution < -0.4 is 0 Å². The van der Waals surface area contributed by atoms with Crippen LogP contribution in [0.1, 0.15) is 6.42 Å². The molecule has 1 aliphatic heterocycles. The zero-order chi connectivity index (χ0) is 6.53. The van der Waals surface area contributed by atoms with Crippen molar-refractivity contribution in [2.75, 3.05) is 19.8 Å². The lowest BCUT2D eigenvalue weighted by Gasteiger charge is -1.95. The summed E-state index contributed by atoms with van der Waals surface area (Å²) in [5.74, 6) is 2.50. The Balaban J connectivity index is 1.77. The summed E-state index contributed by atoms with van der Waals surface area (Å²) in [6.45, 7) is 2.23. The van der Waals surface area contributed by atoms with Crippen LogP contribution in [0.3, 0.4) is 0 Å². The van der Waals surface area contributed by atoms with Crippen LogP contribution in [0.25, 0.3) is 0 Å². The molecule has 0 spiro atoms. The van der Waals surface area contributed by atoms with Crippen LogP contribution >= 0.6 is 0 Å². The van der Waals surface area contributed by atoms with Gasteiger partial charge in [0.25, 0.3) is 0 Å². The molecule has 0 bridgehead atoms. The molecule has 1 atom stereocenters. The van der Waals surface area contributed by atoms with Crippen molar-refractivity contribution >= 4 is 0 Å². The Morgan fingerprint density at radius 2 is 2.56 bits per heavy atom. The fourth-order valence-corrected chi connectivity index (χ4v) is 0.510. The monoisotopic (exact) mass is 126 g/mol. The molecule has 1 aliphatic rings. The summed E-state index contributed by atoms with van der Waals surface area (Å²) in [7, 11) is 0. The van der Waals surface area contributed by atoms with Gasteiger partial charge >= 0.3 is 0 Å². The van der Waals surface area contributed by atoms with E-state index in [0.717, 1.165) is 6.61 Å². The third-order valence-electron chi connectivity index (χ3n) is 1.10. The molecule has 0 radical (unpaired) electrons. The number of hydrogen-bond donors (Lipinski definition) is 0. The van der Waals surface area contributed by atoms with Crippen molar-refractivity contribution in [3.05, 3.63) is 0 Å². The molecular weight excluding hydrogens is 116 g/mol. The second kappa shape index (κ2) is 3.49. The molecule has 0 saturated carbocycles. The van der Waals surface area contributed by atoms with E-state index in [1.807, 2.05) is 0 Å². The van der Waals surface area contributed by atoms with Gasteiger partial charge in [0, 0.05) is 6.42 Å². The van der Waals surface area contributed by atoms with Crippen molar-refractivity contribution in [3.63, 3.8) is 0 Å². The van der Waals surface area contributed by atoms with Crippen LogP contribution in [0.4, 0.5) is 0 Å². The van der Waals surface area contributed by atoms with E-state index in [4.69, 9.17) is 15.9 Å². The molecule has 2 heteroatoms. The second-order valence-corrected chi connectivity index (χ2v) is 1.98. The quantitative estimate of drug-likeness (QED) is 0.309. The Morgan fingerprint density at radius 3 is 3.11 bits per heavy atom. The molecule has 0 aromatic heterocycles. The molecule has 0 aliphatic carbocycles. The summed E-state index contributed by atoms with van der Waals surface area (Å²) in [5.41, 5.74) is 0. The second-order valence-electron chi connectivity index (χ2n) is 1.98. The highest BCUT2D eigenvalue weighted by Gasteiger charge is 2.21. The highest BCUT2D eigenvalue weighted by atomic mass is 16.6. The minimum absolute atomic E-state index is 0.364. The van der Waals surface area contributed by atoms with Crippen molar-refractivity contribution in [3.8, 4) is 12.3 Å². The van der Waals surface area contributed by atoms with E-state index in [9.17, 15) is 0 Å². The molecule has 0 aromatic carbocycles. The fourth-order valence-electron chi connectivity index (χ4n) is 0.510. The predicted octanol–water partition coefficient (Wildman–Crippen LogP) is 0.425. The van der Waals surface area contributed by atoms with E-state index in [2.05, 4.69) is 5.92 Å². The van der Waals surface area contributed by atoms with Crippen LogP contribution in [0, 0.1) is 12.3 Å². The van der Waals surface area contributed by atoms with Gasteiger partial charge in [0.1, 0.15) is 6.10 Å². The highest BCUT2D eigenvalue weighted by Crippen LogP contribution is 2.08. The first-order valence-corrected chi connectivity index (χ1v) is 3.06. The summed E-state index contributed by atoms with van der Waals surface area (Å²) in [4.78, 5) is 0. The van der Waals surface area contributed by atoms with Crippen molar-refractivity contribution in [2.24, 2.45) is 0 Å². The predicted molar refractivity (Wildman–Crippen MR) is 34.0 cm³/mol. The van der Waals surface area contributed by atoms with Gasteiger partial charge < -0.3 is 9.47 Å². The summed E-state index contributed by atoms with van der Waals surface area (Å²) >= 11 is 0. The van der Waals surface area contributed by atoms with Crippen LogP contribution in [0.2, 0.25) is 0 Å². The Morgan fingerprint density at radius 1 is 1.78 bits per heavy atom. The maximum atomic E-state index is 5.13. The van der Waals surface area contributed by atoms with Crippen molar-refractivity contribution < 1.29 is 9.47 Å². The first-order chi connectivity index (χ1) is 4.43. The van der Waals surface area contributed by atoms with E-state index < -0.39 is 0 Å². The van der Waals surface area contributed by atoms with Crippen LogP contribution in [-0.4, -0.2) is 25.9 Å². The third kappa shape index (κ3) is 3.12. The largest absolute Gasteiger partial charge is 0.378 e. The maximum absolute atomic E-state index is 5.13. The van der Waals surface area contributed by atoms with Gasteiger partial charge in [0.2, 0.25) is 0 Å². The smallest absolute Gasteiger partial charge is 0.104 e. The molecule has 1 fully saturated rings. The van der Waals surface area contributed by atoms with Crippen LogP contribution in [0.5, 0.6) is 0 Å². The minimum Gasteiger partial charge on any atom is -0.378 e. The van der Waals surface area contributed by atoms with Gasteiger partial charge in [-0.05, 0) is 0 Å². The van der Waals surface area contributed by atoms with Gasteiger partial charge in [-0.2, -0.15) is 0 Å². The van der Waals surface area contributed by atoms with Crippen molar-refractivity contribution in [1.82, 2.24) is 0 Å². The zero-order valence-electron chi connectivity index (χ0n) is 5.30. The first-order valence-electron chi connectivity index (χ1n) is 3.06. The van der Waals surface area contributed by atoms with Crippen LogP contribution in [0.15, 0.2) is 0 Å². The summed E-state index contributed by atoms with van der Waals surface area (Å²) in [6, 6.07) is 0. The lowest BCUT2D eigenvalue weighted by molar-refractivity contribution is 0.121. The lowest BCUT2D eigenvalue weighted by Crippen LogP contribution is -2.01. The molecule has 0 N–H and O–H groups in total. The number of ether oxygens (including phenoxy) is 2. The topological polar surface area (TPSA) is 21.8 Å². The normalized spacial score (nSPS) is 23.2. The summed E-state index contributed by atoms with van der Waals surface area (Å²) in [5, 5.41) is 0. The fraction of sp³-hybridized carbons (Fsp3) is 0.714. The van der Waals surface area contributed by atoms with Crippen molar-refractivity contribution in [2.45, 2.75) is 12.5 Å². The molecular formula is C7H10O2. The van der Waals surface area contributed by atoms with E-state index in [1.54, 1.807) is 0 Å². The van der Waals surface area contributed by atoms with E-state index >= 15 is 0 Å². The average molecular weight is 126 g/mol. The minimum atomic E-state index is 0.364. The number of hydrogen-bond acceptors (Lipinski definition) is 2. The molecule has 50 valence electrons. The highest BCUT2D eigenvalue weighted by molar-refractivity contribution is 4.82. The molecule has 2 nitrogen and oxygen atoms in total. The average Bonchev–Trinajstić information content (AvgIpc) is 2.63. The van der Waals surface area contributed by atoms with Gasteiger partial charge in [0.15, 0.2) is 0 Å². The van der Waals surface area contributed by atoms with Gasteiger partial charge in [-0.1, -0.05) is 0 Å². The standard InChI is InChI=1S/C7H10O2/c1-2-3-4-8-5-7-6-9-7/h1,7H,3-6H2. The molecule has 1 heterocycles. The van der Waals surface area contributed by atoms with Crippen molar-refractivity contribution in [1.29, 1.82) is 0 Å². The number of rotatable bonds is 4. The molecule has 1 unspecified atom stereocenters. The SMILES string of the molecule is C#CCCOCC1CO1. The first kappa shape index (κ1) is 6.60. The van der Waals surface area contributed by atoms with Gasteiger partial charge in [-0.25, -0.2) is 0 Å². The van der Waals surface area contributed by atoms with Gasteiger partial charge in [-0.15, -0.1) is 12.3 Å². The number of epoxide rings is 1. The Labute approximate surface area is 55.1 Å². The molecule has 1 rings (SSSR count). The molecule has 0 aromatic rings. The molecule has 0 amide bonds. The van der Waals surface area contributed by atoms with Gasteiger partial charge in [0.05, 0.1) is 19.8 Å². The molecule has 9 heavy (non-hydrogen) atoms. The summed E-state index contributed by atoms with van der Waals surface area (Å²) < 4.78 is 10.0.